The zero-order valence-corrected chi connectivity index (χ0v) is 7.36. The summed E-state index contributed by atoms with van der Waals surface area (Å²) >= 11 is 0. The third-order valence-electron chi connectivity index (χ3n) is 2.20. The summed E-state index contributed by atoms with van der Waals surface area (Å²) in [5, 5.41) is 11.9. The van der Waals surface area contributed by atoms with Crippen LogP contribution in [0, 0.1) is 0 Å². The van der Waals surface area contributed by atoms with E-state index in [4.69, 9.17) is 9.84 Å². The summed E-state index contributed by atoms with van der Waals surface area (Å²) in [5.74, 6) is 0.956. The number of fused-ring (bicyclic) bond motifs is 1. The second kappa shape index (κ2) is 3.77. The number of benzene rings is 1. The summed E-state index contributed by atoms with van der Waals surface area (Å²) in [6, 6.07) is 8.23. The molecule has 0 aliphatic carbocycles. The van der Waals surface area contributed by atoms with E-state index in [1.54, 1.807) is 0 Å². The van der Waals surface area contributed by atoms with Crippen molar-refractivity contribution in [3.05, 3.63) is 29.8 Å². The van der Waals surface area contributed by atoms with Gasteiger partial charge in [-0.15, -0.1) is 0 Å². The molecule has 2 rings (SSSR count). The van der Waals surface area contributed by atoms with Crippen LogP contribution in [0.15, 0.2) is 24.3 Å². The SMILES string of the molecule is OCCNC1COc2ccccc21. The third kappa shape index (κ3) is 1.66. The van der Waals surface area contributed by atoms with E-state index in [2.05, 4.69) is 11.4 Å². The van der Waals surface area contributed by atoms with Crippen LogP contribution in [0.2, 0.25) is 0 Å². The van der Waals surface area contributed by atoms with Crippen molar-refractivity contribution in [1.29, 1.82) is 0 Å². The maximum Gasteiger partial charge on any atom is 0.124 e. The van der Waals surface area contributed by atoms with Crippen LogP contribution in [0.3, 0.4) is 0 Å². The molecule has 1 atom stereocenters. The molecule has 2 N–H and O–H groups in total. The largest absolute Gasteiger partial charge is 0.491 e. The van der Waals surface area contributed by atoms with E-state index >= 15 is 0 Å². The Kier molecular flexibility index (Phi) is 2.47. The molecule has 1 unspecified atom stereocenters. The van der Waals surface area contributed by atoms with E-state index in [0.29, 0.717) is 13.2 Å². The Morgan fingerprint density at radius 1 is 1.46 bits per heavy atom. The molecule has 0 saturated heterocycles. The summed E-state index contributed by atoms with van der Waals surface area (Å²) in [6.45, 7) is 1.44. The molecule has 1 aromatic carbocycles. The van der Waals surface area contributed by atoms with Crippen molar-refractivity contribution >= 4 is 0 Å². The van der Waals surface area contributed by atoms with Crippen molar-refractivity contribution < 1.29 is 9.84 Å². The quantitative estimate of drug-likeness (QED) is 0.717. The van der Waals surface area contributed by atoms with Crippen molar-refractivity contribution in [2.45, 2.75) is 6.04 Å². The number of rotatable bonds is 3. The molecule has 13 heavy (non-hydrogen) atoms. The molecule has 0 saturated carbocycles. The molecule has 1 aliphatic heterocycles. The fraction of sp³-hybridized carbons (Fsp3) is 0.400. The lowest BCUT2D eigenvalue weighted by atomic mass is 10.1. The maximum absolute atomic E-state index is 8.67. The van der Waals surface area contributed by atoms with Crippen LogP contribution in [0.1, 0.15) is 11.6 Å². The van der Waals surface area contributed by atoms with Crippen LogP contribution in [-0.4, -0.2) is 24.9 Å². The number of nitrogens with one attached hydrogen (secondary N) is 1. The molecule has 0 fully saturated rings. The molecule has 1 heterocycles. The van der Waals surface area contributed by atoms with Crippen LogP contribution >= 0.6 is 0 Å². The standard InChI is InChI=1S/C10H13NO2/c12-6-5-11-9-7-13-10-4-2-1-3-8(9)10/h1-4,9,11-12H,5-7H2. The highest BCUT2D eigenvalue weighted by molar-refractivity contribution is 5.39. The first-order valence-corrected chi connectivity index (χ1v) is 4.48. The molecular formula is C10H13NO2. The monoisotopic (exact) mass is 179 g/mol. The Balaban J connectivity index is 2.09. The number of para-hydroxylation sites is 1. The first kappa shape index (κ1) is 8.53. The Bertz CT molecular complexity index is 288. The van der Waals surface area contributed by atoms with E-state index in [-0.39, 0.29) is 12.6 Å². The smallest absolute Gasteiger partial charge is 0.124 e. The summed E-state index contributed by atoms with van der Waals surface area (Å²) in [5.41, 5.74) is 1.19. The van der Waals surface area contributed by atoms with Gasteiger partial charge in [-0.05, 0) is 6.07 Å². The van der Waals surface area contributed by atoms with Crippen molar-refractivity contribution in [2.75, 3.05) is 19.8 Å². The second-order valence-electron chi connectivity index (χ2n) is 3.08. The van der Waals surface area contributed by atoms with Gasteiger partial charge in [0, 0.05) is 12.1 Å². The van der Waals surface area contributed by atoms with Gasteiger partial charge < -0.3 is 15.2 Å². The third-order valence-corrected chi connectivity index (χ3v) is 2.20. The van der Waals surface area contributed by atoms with Crippen molar-refractivity contribution in [3.8, 4) is 5.75 Å². The second-order valence-corrected chi connectivity index (χ2v) is 3.08. The van der Waals surface area contributed by atoms with Crippen LogP contribution in [0.5, 0.6) is 5.75 Å². The first-order valence-electron chi connectivity index (χ1n) is 4.48. The zero-order valence-electron chi connectivity index (χ0n) is 7.36. The number of hydrogen-bond donors (Lipinski definition) is 2. The molecule has 1 aliphatic rings. The Morgan fingerprint density at radius 2 is 2.31 bits per heavy atom. The van der Waals surface area contributed by atoms with Gasteiger partial charge in [-0.25, -0.2) is 0 Å². The minimum atomic E-state index is 0.165. The van der Waals surface area contributed by atoms with Crippen LogP contribution in [0.25, 0.3) is 0 Å². The minimum Gasteiger partial charge on any atom is -0.491 e. The molecule has 0 bridgehead atoms. The van der Waals surface area contributed by atoms with Crippen LogP contribution in [0.4, 0.5) is 0 Å². The highest BCUT2D eigenvalue weighted by Gasteiger charge is 2.22. The summed E-state index contributed by atoms with van der Waals surface area (Å²) in [7, 11) is 0. The average Bonchev–Trinajstić information content (AvgIpc) is 2.58. The van der Waals surface area contributed by atoms with Gasteiger partial charge in [0.2, 0.25) is 0 Å². The van der Waals surface area contributed by atoms with Gasteiger partial charge in [0.25, 0.3) is 0 Å². The van der Waals surface area contributed by atoms with Gasteiger partial charge in [-0.3, -0.25) is 0 Å². The lowest BCUT2D eigenvalue weighted by Gasteiger charge is -2.09. The Labute approximate surface area is 77.3 Å². The van der Waals surface area contributed by atoms with Crippen molar-refractivity contribution in [3.63, 3.8) is 0 Å². The number of ether oxygens (including phenoxy) is 1. The summed E-state index contributed by atoms with van der Waals surface area (Å²) < 4.78 is 5.46. The molecule has 0 radical (unpaired) electrons. The molecular weight excluding hydrogens is 166 g/mol. The molecule has 0 aromatic heterocycles. The molecule has 1 aromatic rings. The lowest BCUT2D eigenvalue weighted by molar-refractivity contribution is 0.266. The van der Waals surface area contributed by atoms with E-state index in [9.17, 15) is 0 Å². The molecule has 3 heteroatoms. The van der Waals surface area contributed by atoms with Crippen LogP contribution in [-0.2, 0) is 0 Å². The van der Waals surface area contributed by atoms with Gasteiger partial charge in [-0.2, -0.15) is 0 Å². The fourth-order valence-corrected chi connectivity index (χ4v) is 1.57. The molecule has 0 spiro atoms. The predicted molar refractivity (Wildman–Crippen MR) is 49.8 cm³/mol. The zero-order chi connectivity index (χ0) is 9.10. The van der Waals surface area contributed by atoms with Crippen molar-refractivity contribution in [1.82, 2.24) is 5.32 Å². The molecule has 3 nitrogen and oxygen atoms in total. The Morgan fingerprint density at radius 3 is 3.15 bits per heavy atom. The fourth-order valence-electron chi connectivity index (χ4n) is 1.57. The first-order chi connectivity index (χ1) is 6.42. The molecule has 70 valence electrons. The maximum atomic E-state index is 8.67. The van der Waals surface area contributed by atoms with Crippen LogP contribution < -0.4 is 10.1 Å². The average molecular weight is 179 g/mol. The predicted octanol–water partition coefficient (Wildman–Crippen LogP) is 0.702. The van der Waals surface area contributed by atoms with E-state index in [1.807, 2.05) is 18.2 Å². The van der Waals surface area contributed by atoms with Crippen molar-refractivity contribution in [2.24, 2.45) is 0 Å². The van der Waals surface area contributed by atoms with E-state index < -0.39 is 0 Å². The highest BCUT2D eigenvalue weighted by atomic mass is 16.5. The van der Waals surface area contributed by atoms with Gasteiger partial charge in [0.15, 0.2) is 0 Å². The van der Waals surface area contributed by atoms with E-state index in [0.717, 1.165) is 5.75 Å². The number of aliphatic hydroxyl groups excluding tert-OH is 1. The Hall–Kier alpha value is -1.06. The minimum absolute atomic E-state index is 0.165. The van der Waals surface area contributed by atoms with Gasteiger partial charge in [0.1, 0.15) is 12.4 Å². The number of hydrogen-bond acceptors (Lipinski definition) is 3. The number of aliphatic hydroxyl groups is 1. The normalized spacial score (nSPS) is 19.6. The lowest BCUT2D eigenvalue weighted by Crippen LogP contribution is -2.25. The summed E-state index contributed by atoms with van der Waals surface area (Å²) in [6.07, 6.45) is 0. The summed E-state index contributed by atoms with van der Waals surface area (Å²) in [4.78, 5) is 0. The van der Waals surface area contributed by atoms with Gasteiger partial charge in [-0.1, -0.05) is 18.2 Å². The highest BCUT2D eigenvalue weighted by Crippen LogP contribution is 2.31. The van der Waals surface area contributed by atoms with E-state index in [1.165, 1.54) is 5.56 Å². The van der Waals surface area contributed by atoms with Gasteiger partial charge >= 0.3 is 0 Å². The molecule has 0 amide bonds. The van der Waals surface area contributed by atoms with Gasteiger partial charge in [0.05, 0.1) is 12.6 Å². The topological polar surface area (TPSA) is 41.5 Å².